The molecule has 0 spiro atoms. The maximum atomic E-state index is 13.0. The maximum absolute atomic E-state index is 13.0. The second-order valence-electron chi connectivity index (χ2n) is 4.56. The van der Waals surface area contributed by atoms with Gasteiger partial charge in [-0.3, -0.25) is 0 Å². The Kier molecular flexibility index (Phi) is 6.91. The minimum atomic E-state index is -4.52. The van der Waals surface area contributed by atoms with Gasteiger partial charge in [0.2, 0.25) is 0 Å². The molecule has 1 aromatic carbocycles. The second-order valence-corrected chi connectivity index (χ2v) is 5.00. The third-order valence-electron chi connectivity index (χ3n) is 2.88. The summed E-state index contributed by atoms with van der Waals surface area (Å²) in [7, 11) is 0. The van der Waals surface area contributed by atoms with E-state index in [0.29, 0.717) is 12.8 Å². The van der Waals surface area contributed by atoms with Crippen molar-refractivity contribution in [1.29, 1.82) is 0 Å². The molecule has 0 saturated heterocycles. The highest BCUT2D eigenvalue weighted by molar-refractivity contribution is 7.80. The van der Waals surface area contributed by atoms with Crippen LogP contribution < -0.4 is 10.5 Å². The molecule has 118 valence electrons. The highest BCUT2D eigenvalue weighted by Gasteiger charge is 2.34. The number of halogens is 3. The molecule has 0 aromatic heterocycles. The fraction of sp³-hybridized carbons (Fsp3) is 0.500. The van der Waals surface area contributed by atoms with Crippen LogP contribution in [0.5, 0.6) is 5.75 Å². The van der Waals surface area contributed by atoms with E-state index in [1.807, 2.05) is 0 Å². The van der Waals surface area contributed by atoms with Crippen LogP contribution in [0.15, 0.2) is 18.2 Å². The number of ether oxygens (including phenoxy) is 1. The summed E-state index contributed by atoms with van der Waals surface area (Å²) in [6.45, 7) is 0.320. The van der Waals surface area contributed by atoms with Crippen molar-refractivity contribution in [2.45, 2.75) is 31.9 Å². The number of hydrogen-bond acceptors (Lipinski definition) is 3. The van der Waals surface area contributed by atoms with Gasteiger partial charge in [-0.05, 0) is 37.5 Å². The molecule has 0 fully saturated rings. The largest absolute Gasteiger partial charge is 0.493 e. The maximum Gasteiger partial charge on any atom is 0.419 e. The van der Waals surface area contributed by atoms with E-state index < -0.39 is 11.7 Å². The molecule has 0 heterocycles. The SMILES string of the molecule is NC(=S)c1ccc(OCCCCCCO)c(C(F)(F)F)c1. The molecule has 3 nitrogen and oxygen atoms in total. The molecule has 0 aliphatic carbocycles. The third kappa shape index (κ3) is 5.89. The van der Waals surface area contributed by atoms with Crippen molar-refractivity contribution in [1.82, 2.24) is 0 Å². The first-order valence-corrected chi connectivity index (χ1v) is 7.02. The predicted molar refractivity (Wildman–Crippen MR) is 78.4 cm³/mol. The molecule has 0 bridgehead atoms. The van der Waals surface area contributed by atoms with E-state index in [1.54, 1.807) is 0 Å². The number of rotatable bonds is 8. The Bertz CT molecular complexity index is 478. The van der Waals surface area contributed by atoms with Crippen LogP contribution in [0.25, 0.3) is 0 Å². The third-order valence-corrected chi connectivity index (χ3v) is 3.12. The normalized spacial score (nSPS) is 11.4. The Morgan fingerprint density at radius 3 is 2.43 bits per heavy atom. The summed E-state index contributed by atoms with van der Waals surface area (Å²) in [6, 6.07) is 3.56. The summed E-state index contributed by atoms with van der Waals surface area (Å²) in [5.41, 5.74) is 4.63. The van der Waals surface area contributed by atoms with Gasteiger partial charge in [0.25, 0.3) is 0 Å². The fourth-order valence-electron chi connectivity index (χ4n) is 1.78. The van der Waals surface area contributed by atoms with Crippen LogP contribution in [0.1, 0.15) is 36.8 Å². The van der Waals surface area contributed by atoms with E-state index in [1.165, 1.54) is 12.1 Å². The highest BCUT2D eigenvalue weighted by Crippen LogP contribution is 2.37. The Hall–Kier alpha value is -1.34. The van der Waals surface area contributed by atoms with E-state index in [0.717, 1.165) is 18.9 Å². The molecule has 0 aliphatic rings. The van der Waals surface area contributed by atoms with Crippen LogP contribution >= 0.6 is 12.2 Å². The number of aliphatic hydroxyl groups excluding tert-OH is 1. The van der Waals surface area contributed by atoms with Gasteiger partial charge in [-0.2, -0.15) is 13.2 Å². The molecule has 1 aromatic rings. The lowest BCUT2D eigenvalue weighted by molar-refractivity contribution is -0.139. The van der Waals surface area contributed by atoms with Crippen LogP contribution in [0.2, 0.25) is 0 Å². The molecule has 3 N–H and O–H groups in total. The van der Waals surface area contributed by atoms with Crippen LogP contribution in [0, 0.1) is 0 Å². The van der Waals surface area contributed by atoms with Crippen molar-refractivity contribution in [3.63, 3.8) is 0 Å². The number of aliphatic hydroxyl groups is 1. The molecule has 0 unspecified atom stereocenters. The molecule has 0 amide bonds. The Balaban J connectivity index is 2.70. The number of nitrogens with two attached hydrogens (primary N) is 1. The number of hydrogen-bond donors (Lipinski definition) is 2. The topological polar surface area (TPSA) is 55.5 Å². The van der Waals surface area contributed by atoms with E-state index in [2.05, 4.69) is 12.2 Å². The first-order chi connectivity index (χ1) is 9.86. The summed E-state index contributed by atoms with van der Waals surface area (Å²) in [5.74, 6) is -0.218. The minimum Gasteiger partial charge on any atom is -0.493 e. The zero-order valence-electron chi connectivity index (χ0n) is 11.4. The van der Waals surface area contributed by atoms with Crippen molar-refractivity contribution in [2.24, 2.45) is 5.73 Å². The van der Waals surface area contributed by atoms with Crippen molar-refractivity contribution < 1.29 is 23.0 Å². The summed E-state index contributed by atoms with van der Waals surface area (Å²) >= 11 is 4.68. The van der Waals surface area contributed by atoms with Gasteiger partial charge in [-0.15, -0.1) is 0 Å². The zero-order valence-corrected chi connectivity index (χ0v) is 12.3. The number of benzene rings is 1. The fourth-order valence-corrected chi connectivity index (χ4v) is 1.91. The Labute approximate surface area is 126 Å². The summed E-state index contributed by atoms with van der Waals surface area (Å²) in [6.07, 6.45) is -1.57. The Morgan fingerprint density at radius 2 is 1.86 bits per heavy atom. The first kappa shape index (κ1) is 17.7. The molecule has 0 aliphatic heterocycles. The number of unbranched alkanes of at least 4 members (excludes halogenated alkanes) is 3. The standard InChI is InChI=1S/C14H18F3NO2S/c15-14(16,17)11-9-10(13(18)21)5-6-12(11)20-8-4-2-1-3-7-19/h5-6,9,19H,1-4,7-8H2,(H2,18,21). The highest BCUT2D eigenvalue weighted by atomic mass is 32.1. The lowest BCUT2D eigenvalue weighted by Gasteiger charge is -2.15. The molecule has 7 heteroatoms. The van der Waals surface area contributed by atoms with Gasteiger partial charge < -0.3 is 15.6 Å². The number of alkyl halides is 3. The first-order valence-electron chi connectivity index (χ1n) is 6.61. The van der Waals surface area contributed by atoms with Crippen molar-refractivity contribution in [2.75, 3.05) is 13.2 Å². The lowest BCUT2D eigenvalue weighted by atomic mass is 10.1. The Morgan fingerprint density at radius 1 is 1.19 bits per heavy atom. The minimum absolute atomic E-state index is 0.0870. The van der Waals surface area contributed by atoms with Crippen LogP contribution in [-0.2, 0) is 6.18 Å². The van der Waals surface area contributed by atoms with E-state index >= 15 is 0 Å². The average Bonchev–Trinajstić information content (AvgIpc) is 2.41. The van der Waals surface area contributed by atoms with Crippen molar-refractivity contribution in [3.05, 3.63) is 29.3 Å². The predicted octanol–water partition coefficient (Wildman–Crippen LogP) is 3.27. The van der Waals surface area contributed by atoms with Gasteiger partial charge in [-0.1, -0.05) is 18.6 Å². The van der Waals surface area contributed by atoms with Gasteiger partial charge in [0.1, 0.15) is 10.7 Å². The van der Waals surface area contributed by atoms with E-state index in [9.17, 15) is 13.2 Å². The van der Waals surface area contributed by atoms with E-state index in [-0.39, 0.29) is 29.5 Å². The molecule has 1 rings (SSSR count). The second kappa shape index (κ2) is 8.19. The van der Waals surface area contributed by atoms with Gasteiger partial charge >= 0.3 is 6.18 Å². The van der Waals surface area contributed by atoms with Crippen molar-refractivity contribution in [3.8, 4) is 5.75 Å². The van der Waals surface area contributed by atoms with Crippen LogP contribution in [0.4, 0.5) is 13.2 Å². The van der Waals surface area contributed by atoms with Gasteiger partial charge in [0.05, 0.1) is 12.2 Å². The smallest absolute Gasteiger partial charge is 0.419 e. The van der Waals surface area contributed by atoms with Crippen LogP contribution in [0.3, 0.4) is 0 Å². The molecular weight excluding hydrogens is 303 g/mol. The molecule has 21 heavy (non-hydrogen) atoms. The van der Waals surface area contributed by atoms with Gasteiger partial charge in [0.15, 0.2) is 0 Å². The summed E-state index contributed by atoms with van der Waals surface area (Å²) in [4.78, 5) is -0.0870. The van der Waals surface area contributed by atoms with Crippen LogP contribution in [-0.4, -0.2) is 23.3 Å². The van der Waals surface area contributed by atoms with E-state index in [4.69, 9.17) is 15.6 Å². The number of thiocarbonyl (C=S) groups is 1. The molecule has 0 radical (unpaired) electrons. The lowest BCUT2D eigenvalue weighted by Crippen LogP contribution is -2.14. The summed E-state index contributed by atoms with van der Waals surface area (Å²) < 4.78 is 44.1. The quantitative estimate of drug-likeness (QED) is 0.570. The van der Waals surface area contributed by atoms with Gasteiger partial charge in [0, 0.05) is 12.2 Å². The summed E-state index contributed by atoms with van der Waals surface area (Å²) in [5, 5.41) is 8.62. The molecule has 0 atom stereocenters. The average molecular weight is 321 g/mol. The monoisotopic (exact) mass is 321 g/mol. The molecular formula is C14H18F3NO2S. The zero-order chi connectivity index (χ0) is 15.9. The van der Waals surface area contributed by atoms with Crippen molar-refractivity contribution >= 4 is 17.2 Å². The molecule has 0 saturated carbocycles. The van der Waals surface area contributed by atoms with Gasteiger partial charge in [-0.25, -0.2) is 0 Å².